The van der Waals surface area contributed by atoms with Crippen LogP contribution in [0.3, 0.4) is 0 Å². The lowest BCUT2D eigenvalue weighted by Gasteiger charge is -2.37. The van der Waals surface area contributed by atoms with Gasteiger partial charge in [0, 0.05) is 12.6 Å². The molecule has 2 fully saturated rings. The number of aliphatic hydroxyl groups excluding tert-OH is 1. The Morgan fingerprint density at radius 3 is 2.06 bits per heavy atom. The molecule has 2 heterocycles. The van der Waals surface area contributed by atoms with E-state index in [1.165, 1.54) is 30.0 Å². The molecule has 3 aromatic carbocycles. The minimum Gasteiger partial charge on any atom is -0.497 e. The van der Waals surface area contributed by atoms with Crippen molar-refractivity contribution in [2.24, 2.45) is 5.92 Å². The molecular formula is C38H42N2O7. The quantitative estimate of drug-likeness (QED) is 0.200. The molecule has 47 heavy (non-hydrogen) atoms. The van der Waals surface area contributed by atoms with E-state index in [1.54, 1.807) is 20.3 Å². The summed E-state index contributed by atoms with van der Waals surface area (Å²) < 4.78 is 25.5. The number of nitrogens with zero attached hydrogens (tertiary/aromatic N) is 1. The molecule has 1 aliphatic heterocycles. The van der Waals surface area contributed by atoms with Crippen LogP contribution in [0.25, 0.3) is 6.08 Å². The summed E-state index contributed by atoms with van der Waals surface area (Å²) in [7, 11) is 3.25. The van der Waals surface area contributed by atoms with Gasteiger partial charge in [0.15, 0.2) is 0 Å². The average Bonchev–Trinajstić information content (AvgIpc) is 3.49. The molecule has 1 saturated heterocycles. The third kappa shape index (κ3) is 6.98. The Labute approximate surface area is 274 Å². The molecule has 1 aromatic heterocycles. The summed E-state index contributed by atoms with van der Waals surface area (Å²) in [5.74, 6) is 1.85. The zero-order chi connectivity index (χ0) is 32.8. The van der Waals surface area contributed by atoms with Gasteiger partial charge >= 0.3 is 5.69 Å². The van der Waals surface area contributed by atoms with Crippen molar-refractivity contribution in [1.29, 1.82) is 0 Å². The highest BCUT2D eigenvalue weighted by molar-refractivity contribution is 5.50. The number of aromatic nitrogens is 2. The van der Waals surface area contributed by atoms with Crippen LogP contribution in [-0.4, -0.2) is 47.7 Å². The Morgan fingerprint density at radius 2 is 1.47 bits per heavy atom. The van der Waals surface area contributed by atoms with Crippen LogP contribution in [0.2, 0.25) is 0 Å². The standard InChI is InChI=1S/C38H42N2O7/c1-44-31-19-15-29(16-20-31)38(28-11-7-4-8-12-28,30-17-21-32(45-2)22-18-30)46-25-34-33(41)23-35(47-34)40-24-27(36(42)39-37(40)43)14-13-26-9-5-3-6-10-26/h4,7-8,11-22,24,26,33-35,41H,3,5-6,9-10,23,25H2,1-2H3,(H,39,42,43)/b14-13+/t33-,34+,35+/m0/s1. The van der Waals surface area contributed by atoms with E-state index < -0.39 is 35.3 Å². The van der Waals surface area contributed by atoms with Crippen LogP contribution in [0.4, 0.5) is 0 Å². The van der Waals surface area contributed by atoms with Crippen LogP contribution in [0.1, 0.15) is 67.0 Å². The smallest absolute Gasteiger partial charge is 0.330 e. The van der Waals surface area contributed by atoms with Gasteiger partial charge in [-0.15, -0.1) is 0 Å². The minimum absolute atomic E-state index is 0.0111. The van der Waals surface area contributed by atoms with Gasteiger partial charge in [0.2, 0.25) is 0 Å². The molecule has 4 aromatic rings. The van der Waals surface area contributed by atoms with E-state index in [9.17, 15) is 14.7 Å². The topological polar surface area (TPSA) is 112 Å². The molecule has 0 radical (unpaired) electrons. The van der Waals surface area contributed by atoms with E-state index in [4.69, 9.17) is 18.9 Å². The van der Waals surface area contributed by atoms with Crippen molar-refractivity contribution in [3.8, 4) is 11.5 Å². The van der Waals surface area contributed by atoms with Crippen LogP contribution in [-0.2, 0) is 15.1 Å². The second-order valence-corrected chi connectivity index (χ2v) is 12.3. The van der Waals surface area contributed by atoms with Crippen molar-refractivity contribution >= 4 is 6.08 Å². The van der Waals surface area contributed by atoms with Crippen molar-refractivity contribution in [3.05, 3.63) is 134 Å². The highest BCUT2D eigenvalue weighted by Gasteiger charge is 2.42. The summed E-state index contributed by atoms with van der Waals surface area (Å²) in [6.45, 7) is 0.0111. The van der Waals surface area contributed by atoms with Crippen LogP contribution in [0, 0.1) is 5.92 Å². The molecule has 9 heteroatoms. The van der Waals surface area contributed by atoms with Crippen LogP contribution in [0.15, 0.2) is 101 Å². The van der Waals surface area contributed by atoms with Crippen LogP contribution < -0.4 is 20.7 Å². The SMILES string of the molecule is COc1ccc(C(OC[C@H]2O[C@@H](n3cc(/C=C/C4CCCCC4)c(=O)[nH]c3=O)C[C@@H]2O)(c2ccccc2)c2ccc(OC)cc2)cc1. The first-order valence-electron chi connectivity index (χ1n) is 16.3. The molecule has 2 aliphatic rings. The maximum atomic E-state index is 12.9. The number of allylic oxidation sites excluding steroid dienone is 1. The highest BCUT2D eigenvalue weighted by atomic mass is 16.6. The number of aromatic amines is 1. The van der Waals surface area contributed by atoms with Crippen molar-refractivity contribution in [3.63, 3.8) is 0 Å². The van der Waals surface area contributed by atoms with Gasteiger partial charge < -0.3 is 24.1 Å². The second kappa shape index (κ2) is 14.5. The number of H-pyrrole nitrogens is 1. The third-order valence-electron chi connectivity index (χ3n) is 9.35. The number of hydrogen-bond acceptors (Lipinski definition) is 7. The molecule has 246 valence electrons. The summed E-state index contributed by atoms with van der Waals surface area (Å²) in [5.41, 5.74) is 0.852. The summed E-state index contributed by atoms with van der Waals surface area (Å²) in [5, 5.41) is 11.2. The third-order valence-corrected chi connectivity index (χ3v) is 9.35. The maximum Gasteiger partial charge on any atom is 0.330 e. The zero-order valence-corrected chi connectivity index (χ0v) is 26.8. The van der Waals surface area contributed by atoms with E-state index >= 15 is 0 Å². The van der Waals surface area contributed by atoms with E-state index in [1.807, 2.05) is 78.9 Å². The summed E-state index contributed by atoms with van der Waals surface area (Å²) in [6.07, 6.45) is 8.94. The molecule has 1 aliphatic carbocycles. The molecular weight excluding hydrogens is 596 g/mol. The van der Waals surface area contributed by atoms with Gasteiger partial charge in [0.25, 0.3) is 5.56 Å². The lowest BCUT2D eigenvalue weighted by molar-refractivity contribution is -0.0944. The molecule has 0 spiro atoms. The average molecular weight is 639 g/mol. The zero-order valence-electron chi connectivity index (χ0n) is 26.8. The highest BCUT2D eigenvalue weighted by Crippen LogP contribution is 2.42. The number of benzene rings is 3. The van der Waals surface area contributed by atoms with Gasteiger partial charge in [-0.2, -0.15) is 0 Å². The predicted molar refractivity (Wildman–Crippen MR) is 180 cm³/mol. The lowest BCUT2D eigenvalue weighted by atomic mass is 9.80. The number of ether oxygens (including phenoxy) is 4. The monoisotopic (exact) mass is 638 g/mol. The van der Waals surface area contributed by atoms with Gasteiger partial charge in [-0.3, -0.25) is 14.3 Å². The fourth-order valence-corrected chi connectivity index (χ4v) is 6.72. The van der Waals surface area contributed by atoms with E-state index in [0.29, 0.717) is 23.0 Å². The lowest BCUT2D eigenvalue weighted by Crippen LogP contribution is -2.38. The summed E-state index contributed by atoms with van der Waals surface area (Å²) in [4.78, 5) is 28.0. The first-order valence-corrected chi connectivity index (χ1v) is 16.3. The maximum absolute atomic E-state index is 12.9. The number of nitrogens with one attached hydrogen (secondary N) is 1. The van der Waals surface area contributed by atoms with Crippen molar-refractivity contribution in [1.82, 2.24) is 9.55 Å². The van der Waals surface area contributed by atoms with E-state index in [2.05, 4.69) is 11.1 Å². The largest absolute Gasteiger partial charge is 0.497 e. The van der Waals surface area contributed by atoms with Crippen LogP contribution in [0.5, 0.6) is 11.5 Å². The Balaban J connectivity index is 1.30. The first kappa shape index (κ1) is 32.5. The normalized spacial score (nSPS) is 20.4. The molecule has 1 saturated carbocycles. The van der Waals surface area contributed by atoms with E-state index in [-0.39, 0.29) is 13.0 Å². The van der Waals surface area contributed by atoms with Gasteiger partial charge in [-0.05, 0) is 59.7 Å². The molecule has 0 unspecified atom stereocenters. The fraction of sp³-hybridized carbons (Fsp3) is 0.368. The van der Waals surface area contributed by atoms with Gasteiger partial charge in [-0.1, -0.05) is 86.0 Å². The Bertz CT molecular complexity index is 1710. The molecule has 2 N–H and O–H groups in total. The van der Waals surface area contributed by atoms with Crippen LogP contribution >= 0.6 is 0 Å². The molecule has 6 rings (SSSR count). The number of rotatable bonds is 11. The number of hydrogen-bond donors (Lipinski definition) is 2. The number of aliphatic hydroxyl groups is 1. The van der Waals surface area contributed by atoms with Gasteiger partial charge in [0.05, 0.1) is 32.5 Å². The minimum atomic E-state index is -1.09. The Hall–Kier alpha value is -4.44. The predicted octanol–water partition coefficient (Wildman–Crippen LogP) is 5.80. The van der Waals surface area contributed by atoms with Crippen molar-refractivity contribution in [2.45, 2.75) is 62.6 Å². The second-order valence-electron chi connectivity index (χ2n) is 12.3. The summed E-state index contributed by atoms with van der Waals surface area (Å²) >= 11 is 0. The van der Waals surface area contributed by atoms with E-state index in [0.717, 1.165) is 29.5 Å². The Morgan fingerprint density at radius 1 is 0.872 bits per heavy atom. The Kier molecular flexibility index (Phi) is 10.1. The molecule has 3 atom stereocenters. The van der Waals surface area contributed by atoms with Crippen molar-refractivity contribution in [2.75, 3.05) is 20.8 Å². The van der Waals surface area contributed by atoms with Crippen molar-refractivity contribution < 1.29 is 24.1 Å². The van der Waals surface area contributed by atoms with Gasteiger partial charge in [-0.25, -0.2) is 4.79 Å². The summed E-state index contributed by atoms with van der Waals surface area (Å²) in [6, 6.07) is 25.3. The first-order chi connectivity index (χ1) is 22.9. The molecule has 9 nitrogen and oxygen atoms in total. The fourth-order valence-electron chi connectivity index (χ4n) is 6.72. The number of methoxy groups -OCH3 is 2. The molecule has 0 bridgehead atoms. The molecule has 0 amide bonds. The van der Waals surface area contributed by atoms with Gasteiger partial charge in [0.1, 0.15) is 29.4 Å².